The molecule has 0 heterocycles. The lowest BCUT2D eigenvalue weighted by atomic mass is 10.0. The van der Waals surface area contributed by atoms with Crippen LogP contribution in [0, 0.1) is 17.0 Å². The molecule has 14 heavy (non-hydrogen) atoms. The van der Waals surface area contributed by atoms with E-state index in [1.807, 2.05) is 20.8 Å². The number of hydroxylamine groups is 2. The highest BCUT2D eigenvalue weighted by Gasteiger charge is 2.37. The average Bonchev–Trinajstić information content (AvgIpc) is 2.59. The van der Waals surface area contributed by atoms with Crippen LogP contribution < -0.4 is 0 Å². The van der Waals surface area contributed by atoms with Crippen LogP contribution in [0.1, 0.15) is 33.6 Å². The van der Waals surface area contributed by atoms with Crippen molar-refractivity contribution in [3.8, 4) is 0 Å². The van der Waals surface area contributed by atoms with Crippen LogP contribution in [0.25, 0.3) is 0 Å². The van der Waals surface area contributed by atoms with Crippen molar-refractivity contribution in [1.29, 1.82) is 0 Å². The van der Waals surface area contributed by atoms with Crippen molar-refractivity contribution in [2.24, 2.45) is 11.8 Å². The summed E-state index contributed by atoms with van der Waals surface area (Å²) in [6.45, 7) is 5.71. The minimum Gasteiger partial charge on any atom is -0.762 e. The second kappa shape index (κ2) is 3.33. The van der Waals surface area contributed by atoms with Gasteiger partial charge in [-0.25, -0.2) is 0 Å². The highest BCUT2D eigenvalue weighted by atomic mass is 16.9. The summed E-state index contributed by atoms with van der Waals surface area (Å²) in [5.74, 6) is 1.03. The van der Waals surface area contributed by atoms with Gasteiger partial charge in [0.1, 0.15) is 0 Å². The van der Waals surface area contributed by atoms with Crippen LogP contribution >= 0.6 is 0 Å². The summed E-state index contributed by atoms with van der Waals surface area (Å²) in [6, 6.07) is 0.0456. The van der Waals surface area contributed by atoms with E-state index >= 15 is 0 Å². The maximum atomic E-state index is 11.7. The number of allylic oxidation sites excluding steroid dienone is 1. The Hall–Kier alpha value is -0.380. The van der Waals surface area contributed by atoms with E-state index in [9.17, 15) is 5.21 Å². The molecule has 2 aliphatic rings. The van der Waals surface area contributed by atoms with E-state index in [4.69, 9.17) is 4.84 Å². The van der Waals surface area contributed by atoms with Gasteiger partial charge in [0.25, 0.3) is 0 Å². The fourth-order valence-corrected chi connectivity index (χ4v) is 2.33. The monoisotopic (exact) mass is 196 g/mol. The smallest absolute Gasteiger partial charge is 0.0804 e. The number of hydrogen-bond donors (Lipinski definition) is 0. The number of hydrogen-bond acceptors (Lipinski definition) is 3. The number of rotatable bonds is 2. The van der Waals surface area contributed by atoms with Gasteiger partial charge >= 0.3 is 0 Å². The van der Waals surface area contributed by atoms with Crippen LogP contribution in [-0.4, -0.2) is 16.9 Å². The average molecular weight is 196 g/mol. The van der Waals surface area contributed by atoms with Crippen LogP contribution in [0.15, 0.2) is 12.2 Å². The van der Waals surface area contributed by atoms with Gasteiger partial charge in [-0.3, -0.25) is 5.23 Å². The van der Waals surface area contributed by atoms with E-state index in [0.717, 1.165) is 18.1 Å². The summed E-state index contributed by atoms with van der Waals surface area (Å²) in [4.78, 5) is 5.32. The predicted octanol–water partition coefficient (Wildman–Crippen LogP) is 2.48. The van der Waals surface area contributed by atoms with Crippen LogP contribution in [-0.2, 0) is 4.84 Å². The number of fused-ring (bicyclic) bond motifs is 2. The molecule has 0 aromatic carbocycles. The quantitative estimate of drug-likeness (QED) is 0.503. The van der Waals surface area contributed by atoms with Crippen LogP contribution in [0.3, 0.4) is 0 Å². The maximum absolute atomic E-state index is 11.7. The third kappa shape index (κ3) is 2.00. The second-order valence-corrected chi connectivity index (χ2v) is 5.34. The number of nitrogens with zero attached hydrogens (tertiary/aromatic N) is 1. The van der Waals surface area contributed by atoms with Crippen molar-refractivity contribution in [3.05, 3.63) is 17.4 Å². The summed E-state index contributed by atoms with van der Waals surface area (Å²) in [5, 5.41) is 12.5. The van der Waals surface area contributed by atoms with Crippen molar-refractivity contribution in [2.75, 3.05) is 0 Å². The van der Waals surface area contributed by atoms with Crippen molar-refractivity contribution >= 4 is 0 Å². The minimum atomic E-state index is -0.382. The molecule has 80 valence electrons. The molecule has 0 radical (unpaired) electrons. The van der Waals surface area contributed by atoms with E-state index < -0.39 is 0 Å². The van der Waals surface area contributed by atoms with E-state index in [1.54, 1.807) is 0 Å². The Morgan fingerprint density at radius 3 is 2.43 bits per heavy atom. The normalized spacial score (nSPS) is 35.9. The first-order valence-electron chi connectivity index (χ1n) is 5.29. The van der Waals surface area contributed by atoms with Gasteiger partial charge < -0.3 is 10.0 Å². The summed E-state index contributed by atoms with van der Waals surface area (Å²) in [7, 11) is 0. The van der Waals surface area contributed by atoms with Crippen molar-refractivity contribution in [3.63, 3.8) is 0 Å². The third-order valence-corrected chi connectivity index (χ3v) is 2.88. The molecule has 0 aromatic heterocycles. The molecule has 0 amide bonds. The molecule has 3 unspecified atom stereocenters. The SMILES string of the molecule is CC(C)(C)ON([O-])C1CC2C=CC1C2. The maximum Gasteiger partial charge on any atom is 0.0804 e. The standard InChI is InChI=1S/C11H18NO2/c1-11(2,3)14-12(13)10-7-8-4-5-9(10)6-8/h4-5,8-10H,6-7H2,1-3H3/q-1. The Bertz CT molecular complexity index is 244. The molecular formula is C11H18NO2-. The lowest BCUT2D eigenvalue weighted by molar-refractivity contribution is -0.223. The largest absolute Gasteiger partial charge is 0.762 e. The van der Waals surface area contributed by atoms with Crippen molar-refractivity contribution < 1.29 is 4.84 Å². The van der Waals surface area contributed by atoms with Gasteiger partial charge in [0.2, 0.25) is 0 Å². The first-order chi connectivity index (χ1) is 6.46. The molecule has 2 bridgehead atoms. The second-order valence-electron chi connectivity index (χ2n) is 5.34. The van der Waals surface area contributed by atoms with Crippen LogP contribution in [0.5, 0.6) is 0 Å². The highest BCUT2D eigenvalue weighted by molar-refractivity contribution is 5.12. The molecule has 0 N–H and O–H groups in total. The van der Waals surface area contributed by atoms with Gasteiger partial charge in [-0.05, 0) is 45.4 Å². The molecule has 3 heteroatoms. The van der Waals surface area contributed by atoms with Gasteiger partial charge in [0.05, 0.1) is 5.60 Å². The van der Waals surface area contributed by atoms with E-state index in [0.29, 0.717) is 11.8 Å². The van der Waals surface area contributed by atoms with Gasteiger partial charge in [0, 0.05) is 6.04 Å². The Balaban J connectivity index is 1.93. The highest BCUT2D eigenvalue weighted by Crippen LogP contribution is 2.41. The Kier molecular flexibility index (Phi) is 2.41. The lowest BCUT2D eigenvalue weighted by Gasteiger charge is -2.41. The lowest BCUT2D eigenvalue weighted by Crippen LogP contribution is -2.39. The van der Waals surface area contributed by atoms with Crippen molar-refractivity contribution in [2.45, 2.75) is 45.3 Å². The van der Waals surface area contributed by atoms with E-state index in [-0.39, 0.29) is 11.6 Å². The van der Waals surface area contributed by atoms with Gasteiger partial charge in [0.15, 0.2) is 0 Å². The predicted molar refractivity (Wildman–Crippen MR) is 55.2 cm³/mol. The summed E-state index contributed by atoms with van der Waals surface area (Å²) >= 11 is 0. The first kappa shape index (κ1) is 10.1. The molecule has 2 rings (SSSR count). The molecule has 0 aliphatic heterocycles. The van der Waals surface area contributed by atoms with Crippen LogP contribution in [0.2, 0.25) is 0 Å². The van der Waals surface area contributed by atoms with E-state index in [2.05, 4.69) is 12.2 Å². The molecule has 0 aromatic rings. The minimum absolute atomic E-state index is 0.0456. The fraction of sp³-hybridized carbons (Fsp3) is 0.818. The molecule has 3 atom stereocenters. The summed E-state index contributed by atoms with van der Waals surface area (Å²) < 4.78 is 0. The Labute approximate surface area is 85.3 Å². The first-order valence-corrected chi connectivity index (χ1v) is 5.29. The summed E-state index contributed by atoms with van der Waals surface area (Å²) in [5.41, 5.74) is -0.382. The van der Waals surface area contributed by atoms with Gasteiger partial charge in [-0.15, -0.1) is 0 Å². The Morgan fingerprint density at radius 1 is 1.29 bits per heavy atom. The topological polar surface area (TPSA) is 35.5 Å². The molecular weight excluding hydrogens is 178 g/mol. The zero-order chi connectivity index (χ0) is 10.3. The zero-order valence-corrected chi connectivity index (χ0v) is 9.06. The Morgan fingerprint density at radius 2 is 2.00 bits per heavy atom. The van der Waals surface area contributed by atoms with Crippen LogP contribution in [0.4, 0.5) is 0 Å². The fourth-order valence-electron chi connectivity index (χ4n) is 2.33. The summed E-state index contributed by atoms with van der Waals surface area (Å²) in [6.07, 6.45) is 6.49. The zero-order valence-electron chi connectivity index (χ0n) is 9.06. The molecule has 1 saturated carbocycles. The molecule has 3 nitrogen and oxygen atoms in total. The van der Waals surface area contributed by atoms with E-state index in [1.165, 1.54) is 0 Å². The molecule has 2 aliphatic carbocycles. The van der Waals surface area contributed by atoms with Gasteiger partial charge in [-0.2, -0.15) is 0 Å². The van der Waals surface area contributed by atoms with Gasteiger partial charge in [-0.1, -0.05) is 12.2 Å². The molecule has 1 fully saturated rings. The van der Waals surface area contributed by atoms with Crippen molar-refractivity contribution in [1.82, 2.24) is 5.23 Å². The molecule has 0 saturated heterocycles. The third-order valence-electron chi connectivity index (χ3n) is 2.88. The molecule has 0 spiro atoms.